The number of rotatable bonds is 4. The summed E-state index contributed by atoms with van der Waals surface area (Å²) in [7, 11) is 1.95. The Labute approximate surface area is 117 Å². The lowest BCUT2D eigenvalue weighted by Gasteiger charge is -2.18. The lowest BCUT2D eigenvalue weighted by molar-refractivity contribution is 0.141. The third-order valence-corrected chi connectivity index (χ3v) is 5.03. The molecule has 0 bridgehead atoms. The quantitative estimate of drug-likeness (QED) is 0.931. The molecule has 2 aromatic rings. The summed E-state index contributed by atoms with van der Waals surface area (Å²) in [6, 6.07) is 10.4. The number of aliphatic hydroxyl groups excluding tert-OH is 1. The Morgan fingerprint density at radius 2 is 2.26 bits per heavy atom. The fourth-order valence-electron chi connectivity index (χ4n) is 2.65. The maximum atomic E-state index is 10.4. The summed E-state index contributed by atoms with van der Waals surface area (Å²) in [5, 5.41) is 14.6. The highest BCUT2D eigenvalue weighted by molar-refractivity contribution is 7.99. The monoisotopic (exact) mass is 274 g/mol. The Hall–Kier alpha value is -1.26. The molecule has 0 spiro atoms. The van der Waals surface area contributed by atoms with Gasteiger partial charge in [0.25, 0.3) is 0 Å². The molecular weight excluding hydrogens is 256 g/mol. The van der Waals surface area contributed by atoms with Crippen LogP contribution < -0.4 is 0 Å². The highest BCUT2D eigenvalue weighted by atomic mass is 32.2. The second-order valence-electron chi connectivity index (χ2n) is 5.01. The van der Waals surface area contributed by atoms with E-state index in [9.17, 15) is 5.11 Å². The summed E-state index contributed by atoms with van der Waals surface area (Å²) in [4.78, 5) is 1.33. The van der Waals surface area contributed by atoms with Gasteiger partial charge in [-0.2, -0.15) is 5.10 Å². The summed E-state index contributed by atoms with van der Waals surface area (Å²) >= 11 is 1.85. The average molecular weight is 274 g/mol. The Morgan fingerprint density at radius 3 is 3.05 bits per heavy atom. The number of benzene rings is 1. The van der Waals surface area contributed by atoms with E-state index >= 15 is 0 Å². The fourth-order valence-corrected chi connectivity index (χ4v) is 3.97. The van der Waals surface area contributed by atoms with Crippen molar-refractivity contribution >= 4 is 11.8 Å². The van der Waals surface area contributed by atoms with Crippen LogP contribution in [0.1, 0.15) is 23.6 Å². The SMILES string of the molecule is Cn1nccc1CCC(O)C1CSc2ccccc21. The van der Waals surface area contributed by atoms with Crippen LogP contribution in [-0.2, 0) is 13.5 Å². The molecule has 3 nitrogen and oxygen atoms in total. The predicted molar refractivity (Wildman–Crippen MR) is 77.4 cm³/mol. The molecule has 0 saturated carbocycles. The standard InChI is InChI=1S/C15H18N2OS/c1-17-11(8-9-16-17)6-7-14(18)13-10-19-15-5-3-2-4-12(13)15/h2-5,8-9,13-14,18H,6-7,10H2,1H3. The molecule has 3 rings (SSSR count). The van der Waals surface area contributed by atoms with Crippen LogP contribution in [0.4, 0.5) is 0 Å². The van der Waals surface area contributed by atoms with Crippen LogP contribution >= 0.6 is 11.8 Å². The second-order valence-corrected chi connectivity index (χ2v) is 6.07. The molecule has 2 heterocycles. The van der Waals surface area contributed by atoms with Crippen LogP contribution in [0, 0.1) is 0 Å². The van der Waals surface area contributed by atoms with Crippen LogP contribution in [-0.4, -0.2) is 26.7 Å². The lowest BCUT2D eigenvalue weighted by Crippen LogP contribution is -2.19. The van der Waals surface area contributed by atoms with Crippen molar-refractivity contribution in [1.82, 2.24) is 9.78 Å². The van der Waals surface area contributed by atoms with Crippen LogP contribution in [0.5, 0.6) is 0 Å². The highest BCUT2D eigenvalue weighted by Crippen LogP contribution is 2.41. The van der Waals surface area contributed by atoms with E-state index in [2.05, 4.69) is 29.4 Å². The summed E-state index contributed by atoms with van der Waals surface area (Å²) in [5.74, 6) is 1.26. The van der Waals surface area contributed by atoms with Crippen molar-refractivity contribution < 1.29 is 5.11 Å². The van der Waals surface area contributed by atoms with Crippen molar-refractivity contribution in [2.45, 2.75) is 29.8 Å². The van der Waals surface area contributed by atoms with Gasteiger partial charge in [-0.3, -0.25) is 4.68 Å². The summed E-state index contributed by atoms with van der Waals surface area (Å²) in [5.41, 5.74) is 2.49. The molecular formula is C15H18N2OS. The first-order valence-electron chi connectivity index (χ1n) is 6.62. The molecule has 1 aromatic heterocycles. The first-order chi connectivity index (χ1) is 9.25. The number of nitrogens with zero attached hydrogens (tertiary/aromatic N) is 2. The minimum atomic E-state index is -0.272. The van der Waals surface area contributed by atoms with E-state index in [1.54, 1.807) is 0 Å². The molecule has 19 heavy (non-hydrogen) atoms. The van der Waals surface area contributed by atoms with Gasteiger partial charge in [-0.05, 0) is 30.5 Å². The fraction of sp³-hybridized carbons (Fsp3) is 0.400. The van der Waals surface area contributed by atoms with Crippen molar-refractivity contribution in [2.24, 2.45) is 7.05 Å². The largest absolute Gasteiger partial charge is 0.392 e. The number of aryl methyl sites for hydroxylation is 2. The molecule has 2 atom stereocenters. The minimum absolute atomic E-state index is 0.272. The summed E-state index contributed by atoms with van der Waals surface area (Å²) < 4.78 is 1.88. The Bertz CT molecular complexity index is 567. The number of aromatic nitrogens is 2. The molecule has 100 valence electrons. The van der Waals surface area contributed by atoms with Gasteiger partial charge < -0.3 is 5.11 Å². The third kappa shape index (κ3) is 2.55. The third-order valence-electron chi connectivity index (χ3n) is 3.82. The predicted octanol–water partition coefficient (Wildman–Crippen LogP) is 2.60. The normalized spacial score (nSPS) is 19.4. The van der Waals surface area contributed by atoms with Crippen molar-refractivity contribution in [3.8, 4) is 0 Å². The van der Waals surface area contributed by atoms with Gasteiger partial charge in [0.2, 0.25) is 0 Å². The van der Waals surface area contributed by atoms with Gasteiger partial charge >= 0.3 is 0 Å². The van der Waals surface area contributed by atoms with E-state index in [1.165, 1.54) is 16.2 Å². The van der Waals surface area contributed by atoms with Gasteiger partial charge in [-0.25, -0.2) is 0 Å². The number of thioether (sulfide) groups is 1. The van der Waals surface area contributed by atoms with Gasteiger partial charge in [-0.15, -0.1) is 11.8 Å². The van der Waals surface area contributed by atoms with Crippen LogP contribution in [0.3, 0.4) is 0 Å². The van der Waals surface area contributed by atoms with E-state index in [1.807, 2.05) is 35.8 Å². The Balaban J connectivity index is 1.66. The minimum Gasteiger partial charge on any atom is -0.392 e. The first-order valence-corrected chi connectivity index (χ1v) is 7.61. The zero-order valence-corrected chi connectivity index (χ0v) is 11.8. The van der Waals surface area contributed by atoms with Gasteiger partial charge in [0, 0.05) is 35.5 Å². The molecule has 1 aliphatic heterocycles. The van der Waals surface area contributed by atoms with Crippen molar-refractivity contribution in [3.05, 3.63) is 47.8 Å². The molecule has 0 fully saturated rings. The second kappa shape index (κ2) is 5.39. The Morgan fingerprint density at radius 1 is 1.42 bits per heavy atom. The maximum absolute atomic E-state index is 10.4. The first kappa shape index (κ1) is 12.8. The van der Waals surface area contributed by atoms with Crippen molar-refractivity contribution in [2.75, 3.05) is 5.75 Å². The summed E-state index contributed by atoms with van der Waals surface area (Å²) in [6.45, 7) is 0. The summed E-state index contributed by atoms with van der Waals surface area (Å²) in [6.07, 6.45) is 3.20. The van der Waals surface area contributed by atoms with Gasteiger partial charge in [0.1, 0.15) is 0 Å². The van der Waals surface area contributed by atoms with E-state index in [4.69, 9.17) is 0 Å². The number of fused-ring (bicyclic) bond motifs is 1. The Kier molecular flexibility index (Phi) is 3.62. The van der Waals surface area contributed by atoms with E-state index in [-0.39, 0.29) is 12.0 Å². The number of hydrogen-bond donors (Lipinski definition) is 1. The van der Waals surface area contributed by atoms with Crippen LogP contribution in [0.25, 0.3) is 0 Å². The lowest BCUT2D eigenvalue weighted by atomic mass is 9.92. The topological polar surface area (TPSA) is 38.0 Å². The van der Waals surface area contributed by atoms with Crippen LogP contribution in [0.15, 0.2) is 41.4 Å². The van der Waals surface area contributed by atoms with Gasteiger partial charge in [-0.1, -0.05) is 18.2 Å². The van der Waals surface area contributed by atoms with E-state index in [0.29, 0.717) is 0 Å². The number of aliphatic hydroxyl groups is 1. The van der Waals surface area contributed by atoms with Crippen LogP contribution in [0.2, 0.25) is 0 Å². The van der Waals surface area contributed by atoms with E-state index < -0.39 is 0 Å². The van der Waals surface area contributed by atoms with E-state index in [0.717, 1.165) is 18.6 Å². The highest BCUT2D eigenvalue weighted by Gasteiger charge is 2.28. The molecule has 0 radical (unpaired) electrons. The molecule has 0 amide bonds. The van der Waals surface area contributed by atoms with Gasteiger partial charge in [0.05, 0.1) is 6.10 Å². The van der Waals surface area contributed by atoms with Crippen molar-refractivity contribution in [1.29, 1.82) is 0 Å². The maximum Gasteiger partial charge on any atom is 0.0620 e. The molecule has 1 N–H and O–H groups in total. The molecule has 1 aromatic carbocycles. The smallest absolute Gasteiger partial charge is 0.0620 e. The molecule has 0 aliphatic carbocycles. The molecule has 0 saturated heterocycles. The molecule has 1 aliphatic rings. The van der Waals surface area contributed by atoms with Gasteiger partial charge in [0.15, 0.2) is 0 Å². The van der Waals surface area contributed by atoms with Crippen molar-refractivity contribution in [3.63, 3.8) is 0 Å². The molecule has 4 heteroatoms. The number of hydrogen-bond acceptors (Lipinski definition) is 3. The zero-order valence-electron chi connectivity index (χ0n) is 11.0. The molecule has 2 unspecified atom stereocenters. The zero-order chi connectivity index (χ0) is 13.2. The average Bonchev–Trinajstić information content (AvgIpc) is 3.02.